The van der Waals surface area contributed by atoms with E-state index in [0.29, 0.717) is 5.41 Å². The predicted molar refractivity (Wildman–Crippen MR) is 76.2 cm³/mol. The molecule has 0 amide bonds. The van der Waals surface area contributed by atoms with Crippen molar-refractivity contribution in [2.24, 2.45) is 5.41 Å². The first-order valence-corrected chi connectivity index (χ1v) is 5.87. The molecule has 0 bridgehead atoms. The third kappa shape index (κ3) is 8.06. The minimum atomic E-state index is 0. The standard InChI is InChI=1S/C14H23NO.ClH/c1-12-5-7-13(8-6-12)16-10-9-15-11-14(2,3)4;/h5-8,15H,9-11H2,1-4H3;1H. The van der Waals surface area contributed by atoms with E-state index in [4.69, 9.17) is 4.74 Å². The summed E-state index contributed by atoms with van der Waals surface area (Å²) in [6, 6.07) is 8.16. The van der Waals surface area contributed by atoms with Crippen LogP contribution >= 0.6 is 12.4 Å². The molecule has 0 saturated carbocycles. The molecule has 0 atom stereocenters. The van der Waals surface area contributed by atoms with Crippen molar-refractivity contribution < 1.29 is 4.74 Å². The molecule has 0 spiro atoms. The van der Waals surface area contributed by atoms with E-state index in [1.807, 2.05) is 12.1 Å². The molecule has 1 aromatic carbocycles. The summed E-state index contributed by atoms with van der Waals surface area (Å²) in [5.74, 6) is 0.947. The molecule has 0 aliphatic heterocycles. The van der Waals surface area contributed by atoms with Crippen molar-refractivity contribution in [1.82, 2.24) is 5.32 Å². The molecule has 1 rings (SSSR count). The van der Waals surface area contributed by atoms with E-state index >= 15 is 0 Å². The molecule has 17 heavy (non-hydrogen) atoms. The van der Waals surface area contributed by atoms with Gasteiger partial charge in [-0.25, -0.2) is 0 Å². The minimum Gasteiger partial charge on any atom is -0.492 e. The lowest BCUT2D eigenvalue weighted by Gasteiger charge is -2.18. The molecule has 0 heterocycles. The lowest BCUT2D eigenvalue weighted by atomic mass is 9.97. The lowest BCUT2D eigenvalue weighted by molar-refractivity contribution is 0.297. The summed E-state index contributed by atoms with van der Waals surface area (Å²) in [4.78, 5) is 0. The number of hydrogen-bond acceptors (Lipinski definition) is 2. The van der Waals surface area contributed by atoms with Gasteiger partial charge in [0.05, 0.1) is 0 Å². The van der Waals surface area contributed by atoms with Crippen molar-refractivity contribution in [2.75, 3.05) is 19.7 Å². The Morgan fingerprint density at radius 1 is 1.12 bits per heavy atom. The van der Waals surface area contributed by atoms with Gasteiger partial charge in [0.15, 0.2) is 0 Å². The fourth-order valence-corrected chi connectivity index (χ4v) is 1.34. The molecule has 0 aromatic heterocycles. The zero-order valence-electron chi connectivity index (χ0n) is 11.2. The average Bonchev–Trinajstić information content (AvgIpc) is 2.19. The van der Waals surface area contributed by atoms with Crippen LogP contribution in [-0.4, -0.2) is 19.7 Å². The zero-order chi connectivity index (χ0) is 12.0. The number of benzene rings is 1. The van der Waals surface area contributed by atoms with Gasteiger partial charge in [0, 0.05) is 13.1 Å². The van der Waals surface area contributed by atoms with Crippen LogP contribution in [0, 0.1) is 12.3 Å². The van der Waals surface area contributed by atoms with Crippen molar-refractivity contribution in [3.63, 3.8) is 0 Å². The number of ether oxygens (including phenoxy) is 1. The van der Waals surface area contributed by atoms with Crippen LogP contribution < -0.4 is 10.1 Å². The van der Waals surface area contributed by atoms with E-state index < -0.39 is 0 Å². The first-order chi connectivity index (χ1) is 7.47. The Labute approximate surface area is 111 Å². The van der Waals surface area contributed by atoms with Gasteiger partial charge in [-0.15, -0.1) is 12.4 Å². The Bertz CT molecular complexity index is 303. The van der Waals surface area contributed by atoms with Gasteiger partial charge in [-0.1, -0.05) is 38.5 Å². The van der Waals surface area contributed by atoms with Crippen LogP contribution in [0.15, 0.2) is 24.3 Å². The highest BCUT2D eigenvalue weighted by molar-refractivity contribution is 5.85. The Morgan fingerprint density at radius 2 is 1.71 bits per heavy atom. The van der Waals surface area contributed by atoms with E-state index in [-0.39, 0.29) is 12.4 Å². The van der Waals surface area contributed by atoms with E-state index in [1.54, 1.807) is 0 Å². The third-order valence-corrected chi connectivity index (χ3v) is 2.22. The molecule has 0 saturated heterocycles. The zero-order valence-corrected chi connectivity index (χ0v) is 12.1. The van der Waals surface area contributed by atoms with Crippen LogP contribution in [0.2, 0.25) is 0 Å². The highest BCUT2D eigenvalue weighted by atomic mass is 35.5. The Hall–Kier alpha value is -0.730. The molecule has 0 aliphatic carbocycles. The molecule has 1 aromatic rings. The molecule has 0 unspecified atom stereocenters. The van der Waals surface area contributed by atoms with E-state index in [9.17, 15) is 0 Å². The van der Waals surface area contributed by atoms with Crippen LogP contribution in [0.4, 0.5) is 0 Å². The second kappa shape index (κ2) is 7.57. The molecule has 0 fully saturated rings. The first kappa shape index (κ1) is 16.3. The van der Waals surface area contributed by atoms with Gasteiger partial charge in [0.1, 0.15) is 12.4 Å². The van der Waals surface area contributed by atoms with Crippen molar-refractivity contribution in [2.45, 2.75) is 27.7 Å². The Balaban J connectivity index is 0.00000256. The molecule has 3 heteroatoms. The predicted octanol–water partition coefficient (Wildman–Crippen LogP) is 3.43. The molecule has 2 nitrogen and oxygen atoms in total. The monoisotopic (exact) mass is 257 g/mol. The normalized spacial score (nSPS) is 10.8. The summed E-state index contributed by atoms with van der Waals surface area (Å²) in [6.45, 7) is 11.4. The van der Waals surface area contributed by atoms with Crippen LogP contribution in [0.1, 0.15) is 26.3 Å². The molecule has 98 valence electrons. The summed E-state index contributed by atoms with van der Waals surface area (Å²) in [5, 5.41) is 3.38. The number of hydrogen-bond donors (Lipinski definition) is 1. The van der Waals surface area contributed by atoms with Crippen molar-refractivity contribution in [3.8, 4) is 5.75 Å². The molecule has 0 radical (unpaired) electrons. The Morgan fingerprint density at radius 3 is 2.24 bits per heavy atom. The van der Waals surface area contributed by atoms with Gasteiger partial charge in [0.25, 0.3) is 0 Å². The maximum absolute atomic E-state index is 5.61. The van der Waals surface area contributed by atoms with E-state index in [2.05, 4.69) is 45.1 Å². The fourth-order valence-electron chi connectivity index (χ4n) is 1.34. The lowest BCUT2D eigenvalue weighted by Crippen LogP contribution is -2.30. The molecular formula is C14H24ClNO. The first-order valence-electron chi connectivity index (χ1n) is 5.87. The third-order valence-electron chi connectivity index (χ3n) is 2.22. The van der Waals surface area contributed by atoms with Crippen LogP contribution in [0.25, 0.3) is 0 Å². The second-order valence-electron chi connectivity index (χ2n) is 5.40. The van der Waals surface area contributed by atoms with Crippen molar-refractivity contribution >= 4 is 12.4 Å². The van der Waals surface area contributed by atoms with Crippen molar-refractivity contribution in [3.05, 3.63) is 29.8 Å². The summed E-state index contributed by atoms with van der Waals surface area (Å²) in [6.07, 6.45) is 0. The summed E-state index contributed by atoms with van der Waals surface area (Å²) in [5.41, 5.74) is 1.60. The quantitative estimate of drug-likeness (QED) is 0.816. The molecule has 1 N–H and O–H groups in total. The van der Waals surface area contributed by atoms with Crippen LogP contribution in [0.5, 0.6) is 5.75 Å². The maximum atomic E-state index is 5.61. The fraction of sp³-hybridized carbons (Fsp3) is 0.571. The van der Waals surface area contributed by atoms with Gasteiger partial charge < -0.3 is 10.1 Å². The Kier molecular flexibility index (Phi) is 7.24. The topological polar surface area (TPSA) is 21.3 Å². The highest BCUT2D eigenvalue weighted by Crippen LogP contribution is 2.11. The highest BCUT2D eigenvalue weighted by Gasteiger charge is 2.08. The number of halogens is 1. The summed E-state index contributed by atoms with van der Waals surface area (Å²) >= 11 is 0. The van der Waals surface area contributed by atoms with Gasteiger partial charge in [-0.2, -0.15) is 0 Å². The van der Waals surface area contributed by atoms with E-state index in [1.165, 1.54) is 5.56 Å². The second-order valence-corrected chi connectivity index (χ2v) is 5.40. The molecular weight excluding hydrogens is 234 g/mol. The van der Waals surface area contributed by atoms with Crippen LogP contribution in [0.3, 0.4) is 0 Å². The largest absolute Gasteiger partial charge is 0.492 e. The van der Waals surface area contributed by atoms with Crippen molar-refractivity contribution in [1.29, 1.82) is 0 Å². The number of rotatable bonds is 5. The van der Waals surface area contributed by atoms with Gasteiger partial charge in [0.2, 0.25) is 0 Å². The summed E-state index contributed by atoms with van der Waals surface area (Å²) < 4.78 is 5.61. The number of aryl methyl sites for hydroxylation is 1. The molecule has 0 aliphatic rings. The van der Waals surface area contributed by atoms with Gasteiger partial charge in [-0.3, -0.25) is 0 Å². The minimum absolute atomic E-state index is 0. The van der Waals surface area contributed by atoms with Gasteiger partial charge >= 0.3 is 0 Å². The van der Waals surface area contributed by atoms with Crippen LogP contribution in [-0.2, 0) is 0 Å². The smallest absolute Gasteiger partial charge is 0.119 e. The average molecular weight is 258 g/mol. The van der Waals surface area contributed by atoms with E-state index in [0.717, 1.165) is 25.4 Å². The maximum Gasteiger partial charge on any atom is 0.119 e. The number of nitrogens with one attached hydrogen (secondary N) is 1. The SMILES string of the molecule is Cc1ccc(OCCNCC(C)(C)C)cc1.Cl. The van der Waals surface area contributed by atoms with Gasteiger partial charge in [-0.05, 0) is 24.5 Å². The summed E-state index contributed by atoms with van der Waals surface area (Å²) in [7, 11) is 0.